The van der Waals surface area contributed by atoms with Crippen LogP contribution in [0.4, 0.5) is 0 Å². The molecular weight excluding hydrogens is 432 g/mol. The number of carbonyl (C=O) groups is 1. The lowest BCUT2D eigenvalue weighted by atomic mass is 9.80. The van der Waals surface area contributed by atoms with Crippen molar-refractivity contribution in [2.45, 2.75) is 44.2 Å². The molecule has 7 nitrogen and oxygen atoms in total. The molecule has 34 heavy (non-hydrogen) atoms. The Morgan fingerprint density at radius 2 is 1.91 bits per heavy atom. The Balaban J connectivity index is 1.52. The molecule has 1 aliphatic heterocycles. The molecule has 2 aliphatic rings. The zero-order chi connectivity index (χ0) is 23.9. The quantitative estimate of drug-likeness (QED) is 0.490. The van der Waals surface area contributed by atoms with Gasteiger partial charge in [-0.2, -0.15) is 0 Å². The van der Waals surface area contributed by atoms with Crippen LogP contribution in [0.25, 0.3) is 0 Å². The molecule has 2 aromatic rings. The highest BCUT2D eigenvalue weighted by atomic mass is 16.5. The fourth-order valence-corrected chi connectivity index (χ4v) is 4.77. The first kappa shape index (κ1) is 24.4. The summed E-state index contributed by atoms with van der Waals surface area (Å²) in [5.74, 6) is 1.81. The highest BCUT2D eigenvalue weighted by molar-refractivity contribution is 5.81. The highest BCUT2D eigenvalue weighted by Gasteiger charge is 2.40. The smallest absolute Gasteiger partial charge is 0.228 e. The molecule has 1 aliphatic carbocycles. The Kier molecular flexibility index (Phi) is 8.29. The predicted molar refractivity (Wildman–Crippen MR) is 130 cm³/mol. The summed E-state index contributed by atoms with van der Waals surface area (Å²) in [7, 11) is 3.32. The van der Waals surface area contributed by atoms with Gasteiger partial charge in [-0.1, -0.05) is 12.1 Å². The van der Waals surface area contributed by atoms with E-state index in [1.54, 1.807) is 26.4 Å². The third-order valence-electron chi connectivity index (χ3n) is 6.66. The monoisotopic (exact) mass is 468 g/mol. The van der Waals surface area contributed by atoms with Crippen LogP contribution in [-0.4, -0.2) is 62.5 Å². The summed E-state index contributed by atoms with van der Waals surface area (Å²) in [5, 5.41) is 13.4. The lowest BCUT2D eigenvalue weighted by Crippen LogP contribution is -2.47. The van der Waals surface area contributed by atoms with E-state index in [1.165, 1.54) is 0 Å². The van der Waals surface area contributed by atoms with Crippen LogP contribution in [0.15, 0.2) is 42.5 Å². The van der Waals surface area contributed by atoms with Crippen LogP contribution >= 0.6 is 0 Å². The molecule has 2 aromatic carbocycles. The van der Waals surface area contributed by atoms with E-state index in [9.17, 15) is 9.90 Å². The van der Waals surface area contributed by atoms with Gasteiger partial charge in [0.15, 0.2) is 0 Å². The van der Waals surface area contributed by atoms with E-state index in [1.807, 2.05) is 35.2 Å². The van der Waals surface area contributed by atoms with Gasteiger partial charge < -0.3 is 29.5 Å². The van der Waals surface area contributed by atoms with Crippen LogP contribution < -0.4 is 14.8 Å². The van der Waals surface area contributed by atoms with Crippen molar-refractivity contribution in [1.29, 1.82) is 0 Å². The minimum Gasteiger partial charge on any atom is -0.508 e. The molecule has 0 unspecified atom stereocenters. The molecule has 1 heterocycles. The van der Waals surface area contributed by atoms with Crippen LogP contribution in [0.2, 0.25) is 0 Å². The van der Waals surface area contributed by atoms with Gasteiger partial charge in [0.25, 0.3) is 0 Å². The number of rotatable bonds is 11. The normalized spacial score (nSPS) is 20.1. The van der Waals surface area contributed by atoms with Gasteiger partial charge in [0.2, 0.25) is 5.91 Å². The predicted octanol–water partition coefficient (Wildman–Crippen LogP) is 3.70. The van der Waals surface area contributed by atoms with Crippen molar-refractivity contribution in [3.05, 3.63) is 53.6 Å². The number of piperidine rings is 1. The number of nitrogens with one attached hydrogen (secondary N) is 1. The van der Waals surface area contributed by atoms with Gasteiger partial charge in [-0.25, -0.2) is 0 Å². The van der Waals surface area contributed by atoms with Crippen molar-refractivity contribution in [3.8, 4) is 17.2 Å². The van der Waals surface area contributed by atoms with Crippen LogP contribution in [0.1, 0.15) is 42.7 Å². The maximum absolute atomic E-state index is 13.9. The highest BCUT2D eigenvalue weighted by Crippen LogP contribution is 2.37. The third-order valence-corrected chi connectivity index (χ3v) is 6.66. The number of hydrogen-bond donors (Lipinski definition) is 2. The van der Waals surface area contributed by atoms with Crippen molar-refractivity contribution in [3.63, 3.8) is 0 Å². The second-order valence-corrected chi connectivity index (χ2v) is 9.21. The largest absolute Gasteiger partial charge is 0.508 e. The Labute approximate surface area is 202 Å². The summed E-state index contributed by atoms with van der Waals surface area (Å²) >= 11 is 0. The first-order chi connectivity index (χ1) is 16.6. The maximum atomic E-state index is 13.9. The fraction of sp³-hybridized carbons (Fsp3) is 0.519. The molecule has 2 fully saturated rings. The van der Waals surface area contributed by atoms with Crippen molar-refractivity contribution < 1.29 is 24.1 Å². The summed E-state index contributed by atoms with van der Waals surface area (Å²) in [5.41, 5.74) is 2.03. The molecule has 4 rings (SSSR count). The Morgan fingerprint density at radius 3 is 2.65 bits per heavy atom. The van der Waals surface area contributed by atoms with Gasteiger partial charge in [0, 0.05) is 45.3 Å². The van der Waals surface area contributed by atoms with E-state index >= 15 is 0 Å². The van der Waals surface area contributed by atoms with E-state index in [2.05, 4.69) is 5.32 Å². The van der Waals surface area contributed by atoms with Gasteiger partial charge in [-0.15, -0.1) is 0 Å². The average Bonchev–Trinajstić information content (AvgIpc) is 3.70. The number of hydrogen-bond acceptors (Lipinski definition) is 6. The molecule has 2 atom stereocenters. The second-order valence-electron chi connectivity index (χ2n) is 9.21. The molecular formula is C27H36N2O5. The molecule has 0 aromatic heterocycles. The Hall–Kier alpha value is -2.77. The van der Waals surface area contributed by atoms with E-state index in [4.69, 9.17) is 14.2 Å². The number of ether oxygens (including phenoxy) is 3. The van der Waals surface area contributed by atoms with Gasteiger partial charge in [0.05, 0.1) is 19.6 Å². The average molecular weight is 469 g/mol. The standard InChI is InChI=1S/C27H36N2O5/c1-32-11-4-12-34-24-14-19(13-23(16-24)33-2)18-29(21-7-8-21)27(31)26-17-28-10-9-25(26)20-5-3-6-22(30)15-20/h3,5-6,13-16,21,25-26,28,30H,4,7-12,17-18H2,1-2H3/t25-,26+/m1/s1. The summed E-state index contributed by atoms with van der Waals surface area (Å²) < 4.78 is 16.5. The van der Waals surface area contributed by atoms with Gasteiger partial charge in [0.1, 0.15) is 17.2 Å². The number of nitrogens with zero attached hydrogens (tertiary/aromatic N) is 1. The Bertz CT molecular complexity index is 962. The molecule has 0 bridgehead atoms. The minimum atomic E-state index is -0.161. The number of aromatic hydroxyl groups is 1. The molecule has 184 valence electrons. The lowest BCUT2D eigenvalue weighted by Gasteiger charge is -2.36. The minimum absolute atomic E-state index is 0.0899. The molecule has 0 spiro atoms. The lowest BCUT2D eigenvalue weighted by molar-refractivity contribution is -0.138. The number of benzene rings is 2. The number of phenols is 1. The zero-order valence-electron chi connectivity index (χ0n) is 20.2. The van der Waals surface area contributed by atoms with E-state index in [0.29, 0.717) is 26.3 Å². The van der Waals surface area contributed by atoms with Crippen LogP contribution in [0, 0.1) is 5.92 Å². The van der Waals surface area contributed by atoms with Crippen molar-refractivity contribution in [2.75, 3.05) is 40.5 Å². The number of carbonyl (C=O) groups excluding carboxylic acids is 1. The summed E-state index contributed by atoms with van der Waals surface area (Å²) in [4.78, 5) is 15.9. The van der Waals surface area contributed by atoms with E-state index < -0.39 is 0 Å². The number of methoxy groups -OCH3 is 2. The third kappa shape index (κ3) is 6.21. The SMILES string of the molecule is COCCCOc1cc(CN(C(=O)[C@H]2CNCC[C@@H]2c2cccc(O)c2)C2CC2)cc(OC)c1. The maximum Gasteiger partial charge on any atom is 0.228 e. The van der Waals surface area contributed by atoms with Gasteiger partial charge in [-0.3, -0.25) is 4.79 Å². The zero-order valence-corrected chi connectivity index (χ0v) is 20.2. The first-order valence-corrected chi connectivity index (χ1v) is 12.2. The van der Waals surface area contributed by atoms with Crippen molar-refractivity contribution in [2.24, 2.45) is 5.92 Å². The van der Waals surface area contributed by atoms with Crippen LogP contribution in [0.3, 0.4) is 0 Å². The fourth-order valence-electron chi connectivity index (χ4n) is 4.77. The molecule has 7 heteroatoms. The number of phenolic OH excluding ortho intramolecular Hbond substituents is 1. The van der Waals surface area contributed by atoms with E-state index in [-0.39, 0.29) is 29.5 Å². The molecule has 1 saturated heterocycles. The van der Waals surface area contributed by atoms with Crippen LogP contribution in [0.5, 0.6) is 17.2 Å². The second kappa shape index (κ2) is 11.6. The molecule has 2 N–H and O–H groups in total. The van der Waals surface area contributed by atoms with Crippen molar-refractivity contribution in [1.82, 2.24) is 10.2 Å². The summed E-state index contributed by atoms with van der Waals surface area (Å²) in [6.07, 6.45) is 3.75. The first-order valence-electron chi connectivity index (χ1n) is 12.2. The van der Waals surface area contributed by atoms with Gasteiger partial charge >= 0.3 is 0 Å². The van der Waals surface area contributed by atoms with Gasteiger partial charge in [-0.05, 0) is 67.1 Å². The summed E-state index contributed by atoms with van der Waals surface area (Å²) in [6, 6.07) is 13.5. The van der Waals surface area contributed by atoms with Crippen molar-refractivity contribution >= 4 is 5.91 Å². The number of amides is 1. The molecule has 1 saturated carbocycles. The Morgan fingerprint density at radius 1 is 1.09 bits per heavy atom. The molecule has 1 amide bonds. The van der Waals surface area contributed by atoms with Crippen LogP contribution in [-0.2, 0) is 16.1 Å². The summed E-state index contributed by atoms with van der Waals surface area (Å²) in [6.45, 7) is 3.25. The molecule has 0 radical (unpaired) electrons. The topological polar surface area (TPSA) is 80.3 Å². The van der Waals surface area contributed by atoms with E-state index in [0.717, 1.165) is 54.9 Å².